The van der Waals surface area contributed by atoms with Crippen LogP contribution >= 0.6 is 0 Å². The van der Waals surface area contributed by atoms with E-state index in [4.69, 9.17) is 10.2 Å². The first-order valence-electron chi connectivity index (χ1n) is 4.62. The molecule has 4 heteroatoms. The summed E-state index contributed by atoms with van der Waals surface area (Å²) in [6.45, 7) is 0. The van der Waals surface area contributed by atoms with Gasteiger partial charge in [-0.15, -0.1) is 0 Å². The number of aromatic amines is 1. The van der Waals surface area contributed by atoms with Gasteiger partial charge in [0.25, 0.3) is 6.01 Å². The van der Waals surface area contributed by atoms with Crippen LogP contribution in [0.2, 0.25) is 0 Å². The van der Waals surface area contributed by atoms with Crippen LogP contribution in [0.3, 0.4) is 0 Å². The summed E-state index contributed by atoms with van der Waals surface area (Å²) in [5.41, 5.74) is 7.52. The number of nitrogens with two attached hydrogens (primary N) is 1. The van der Waals surface area contributed by atoms with E-state index < -0.39 is 0 Å². The molecule has 0 saturated carbocycles. The largest absolute Gasteiger partial charge is 0.424 e. The first-order chi connectivity index (χ1) is 7.34. The summed E-state index contributed by atoms with van der Waals surface area (Å²) >= 11 is 0. The second-order valence-corrected chi connectivity index (χ2v) is 3.31. The average Bonchev–Trinajstić information content (AvgIpc) is 2.84. The zero-order valence-electron chi connectivity index (χ0n) is 7.90. The van der Waals surface area contributed by atoms with Crippen molar-refractivity contribution in [2.45, 2.75) is 0 Å². The molecular weight excluding hydrogens is 190 g/mol. The molecule has 0 saturated heterocycles. The van der Waals surface area contributed by atoms with E-state index in [9.17, 15) is 0 Å². The number of rotatable bonds is 1. The van der Waals surface area contributed by atoms with Crippen LogP contribution in [-0.2, 0) is 0 Å². The summed E-state index contributed by atoms with van der Waals surface area (Å²) in [6.07, 6.45) is 3.53. The van der Waals surface area contributed by atoms with Crippen molar-refractivity contribution in [1.29, 1.82) is 0 Å². The summed E-state index contributed by atoms with van der Waals surface area (Å²) in [6, 6.07) is 8.16. The Morgan fingerprint density at radius 3 is 3.00 bits per heavy atom. The van der Waals surface area contributed by atoms with E-state index in [-0.39, 0.29) is 6.01 Å². The van der Waals surface area contributed by atoms with Crippen LogP contribution < -0.4 is 5.73 Å². The predicted molar refractivity (Wildman–Crippen MR) is 58.2 cm³/mol. The molecule has 1 aromatic carbocycles. The van der Waals surface area contributed by atoms with Crippen LogP contribution in [0.1, 0.15) is 0 Å². The van der Waals surface area contributed by atoms with Gasteiger partial charge >= 0.3 is 0 Å². The maximum Gasteiger partial charge on any atom is 0.292 e. The number of hydrogen-bond acceptors (Lipinski definition) is 3. The van der Waals surface area contributed by atoms with Crippen LogP contribution in [0.25, 0.3) is 22.2 Å². The SMILES string of the molecule is Nc1ncc(-c2cccc3[nH]ccc23)o1. The van der Waals surface area contributed by atoms with Gasteiger partial charge in [0.2, 0.25) is 0 Å². The lowest BCUT2D eigenvalue weighted by atomic mass is 10.1. The molecule has 3 rings (SSSR count). The van der Waals surface area contributed by atoms with Gasteiger partial charge in [-0.2, -0.15) is 0 Å². The molecule has 15 heavy (non-hydrogen) atoms. The molecule has 0 fully saturated rings. The van der Waals surface area contributed by atoms with E-state index in [0.29, 0.717) is 5.76 Å². The van der Waals surface area contributed by atoms with Crippen LogP contribution in [0, 0.1) is 0 Å². The lowest BCUT2D eigenvalue weighted by Crippen LogP contribution is -1.80. The normalized spacial score (nSPS) is 10.9. The van der Waals surface area contributed by atoms with Crippen molar-refractivity contribution in [3.8, 4) is 11.3 Å². The summed E-state index contributed by atoms with van der Waals surface area (Å²) in [7, 11) is 0. The number of benzene rings is 1. The fourth-order valence-corrected chi connectivity index (χ4v) is 1.71. The highest BCUT2D eigenvalue weighted by Crippen LogP contribution is 2.28. The number of nitrogens with zero attached hydrogens (tertiary/aromatic N) is 1. The molecule has 0 amide bonds. The van der Waals surface area contributed by atoms with Gasteiger partial charge in [0.15, 0.2) is 5.76 Å². The van der Waals surface area contributed by atoms with Crippen molar-refractivity contribution < 1.29 is 4.42 Å². The molecule has 0 aliphatic carbocycles. The van der Waals surface area contributed by atoms with Gasteiger partial charge in [0, 0.05) is 22.7 Å². The van der Waals surface area contributed by atoms with E-state index in [1.54, 1.807) is 6.20 Å². The summed E-state index contributed by atoms with van der Waals surface area (Å²) < 4.78 is 5.30. The molecule has 2 aromatic heterocycles. The molecule has 0 atom stereocenters. The molecule has 74 valence electrons. The monoisotopic (exact) mass is 199 g/mol. The zero-order chi connectivity index (χ0) is 10.3. The van der Waals surface area contributed by atoms with E-state index in [1.165, 1.54) is 0 Å². The Bertz CT molecular complexity index is 609. The number of nitrogens with one attached hydrogen (secondary N) is 1. The highest BCUT2D eigenvalue weighted by atomic mass is 16.4. The molecule has 0 aliphatic heterocycles. The number of oxazole rings is 1. The Morgan fingerprint density at radius 1 is 1.27 bits per heavy atom. The van der Waals surface area contributed by atoms with Gasteiger partial charge in [0.05, 0.1) is 6.20 Å². The molecular formula is C11H9N3O. The number of H-pyrrole nitrogens is 1. The van der Waals surface area contributed by atoms with Gasteiger partial charge in [-0.1, -0.05) is 12.1 Å². The lowest BCUT2D eigenvalue weighted by Gasteiger charge is -1.97. The number of fused-ring (bicyclic) bond motifs is 1. The minimum atomic E-state index is 0.192. The number of nitrogen functional groups attached to an aromatic ring is 1. The van der Waals surface area contributed by atoms with Crippen molar-refractivity contribution in [2.75, 3.05) is 5.73 Å². The third kappa shape index (κ3) is 1.19. The Hall–Kier alpha value is -2.23. The second kappa shape index (κ2) is 2.88. The molecule has 0 unspecified atom stereocenters. The highest BCUT2D eigenvalue weighted by molar-refractivity contribution is 5.93. The summed E-state index contributed by atoms with van der Waals surface area (Å²) in [4.78, 5) is 7.03. The van der Waals surface area contributed by atoms with E-state index >= 15 is 0 Å². The molecule has 2 heterocycles. The van der Waals surface area contributed by atoms with Gasteiger partial charge in [-0.05, 0) is 12.1 Å². The summed E-state index contributed by atoms with van der Waals surface area (Å²) in [5.74, 6) is 0.692. The fraction of sp³-hybridized carbons (Fsp3) is 0. The Balaban J connectivity index is 2.30. The first-order valence-corrected chi connectivity index (χ1v) is 4.62. The van der Waals surface area contributed by atoms with Crippen LogP contribution in [0.4, 0.5) is 6.01 Å². The maximum atomic E-state index is 5.45. The van der Waals surface area contributed by atoms with Gasteiger partial charge in [-0.3, -0.25) is 0 Å². The van der Waals surface area contributed by atoms with Gasteiger partial charge in [0.1, 0.15) is 0 Å². The molecule has 0 spiro atoms. The Labute approximate surface area is 85.7 Å². The Morgan fingerprint density at radius 2 is 2.20 bits per heavy atom. The fourth-order valence-electron chi connectivity index (χ4n) is 1.71. The minimum Gasteiger partial charge on any atom is -0.424 e. The molecule has 4 nitrogen and oxygen atoms in total. The van der Waals surface area contributed by atoms with Crippen LogP contribution in [0.5, 0.6) is 0 Å². The van der Waals surface area contributed by atoms with Crippen molar-refractivity contribution in [2.24, 2.45) is 0 Å². The maximum absolute atomic E-state index is 5.45. The number of anilines is 1. The predicted octanol–water partition coefficient (Wildman–Crippen LogP) is 2.41. The number of aromatic nitrogens is 2. The summed E-state index contributed by atoms with van der Waals surface area (Å²) in [5, 5.41) is 1.11. The molecule has 3 aromatic rings. The van der Waals surface area contributed by atoms with Gasteiger partial charge in [-0.25, -0.2) is 4.98 Å². The van der Waals surface area contributed by atoms with Crippen LogP contribution in [-0.4, -0.2) is 9.97 Å². The Kier molecular flexibility index (Phi) is 1.56. The topological polar surface area (TPSA) is 67.8 Å². The highest BCUT2D eigenvalue weighted by Gasteiger charge is 2.08. The number of hydrogen-bond donors (Lipinski definition) is 2. The second-order valence-electron chi connectivity index (χ2n) is 3.31. The smallest absolute Gasteiger partial charge is 0.292 e. The minimum absolute atomic E-state index is 0.192. The van der Waals surface area contributed by atoms with E-state index in [2.05, 4.69) is 9.97 Å². The van der Waals surface area contributed by atoms with Crippen molar-refractivity contribution in [1.82, 2.24) is 9.97 Å². The lowest BCUT2D eigenvalue weighted by molar-refractivity contribution is 0.595. The van der Waals surface area contributed by atoms with Crippen molar-refractivity contribution >= 4 is 16.9 Å². The van der Waals surface area contributed by atoms with Crippen molar-refractivity contribution in [3.63, 3.8) is 0 Å². The third-order valence-electron chi connectivity index (χ3n) is 2.38. The third-order valence-corrected chi connectivity index (χ3v) is 2.38. The first kappa shape index (κ1) is 8.11. The van der Waals surface area contributed by atoms with E-state index in [1.807, 2.05) is 30.5 Å². The molecule has 0 aliphatic rings. The van der Waals surface area contributed by atoms with Gasteiger partial charge < -0.3 is 15.1 Å². The molecule has 3 N–H and O–H groups in total. The quantitative estimate of drug-likeness (QED) is 0.632. The standard InChI is InChI=1S/C11H9N3O/c12-11-14-6-10(15-11)8-2-1-3-9-7(8)4-5-13-9/h1-6,13H,(H2,12,14). The average molecular weight is 199 g/mol. The zero-order valence-corrected chi connectivity index (χ0v) is 7.90. The van der Waals surface area contributed by atoms with E-state index in [0.717, 1.165) is 16.5 Å². The van der Waals surface area contributed by atoms with Crippen LogP contribution in [0.15, 0.2) is 41.1 Å². The molecule has 0 bridgehead atoms. The molecule has 0 radical (unpaired) electrons. The van der Waals surface area contributed by atoms with Crippen molar-refractivity contribution in [3.05, 3.63) is 36.7 Å².